The molecule has 7 heteroatoms. The Morgan fingerprint density at radius 1 is 0.400 bits per heavy atom. The minimum Gasteiger partial charge on any atom is -0.309 e. The van der Waals surface area contributed by atoms with Gasteiger partial charge in [-0.15, -0.1) is 0 Å². The Kier molecular flexibility index (Phi) is 8.14. The minimum atomic E-state index is 0.584. The number of benzene rings is 8. The Morgan fingerprint density at radius 3 is 1.08 bits per heavy atom. The van der Waals surface area contributed by atoms with Crippen LogP contribution in [0.5, 0.6) is 0 Å². The zero-order valence-corrected chi connectivity index (χ0v) is 35.5. The maximum absolute atomic E-state index is 5.38. The van der Waals surface area contributed by atoms with Crippen LogP contribution in [0.15, 0.2) is 211 Å². The van der Waals surface area contributed by atoms with Crippen molar-refractivity contribution in [3.63, 3.8) is 0 Å². The van der Waals surface area contributed by atoms with E-state index in [1.165, 1.54) is 43.6 Å². The summed E-state index contributed by atoms with van der Waals surface area (Å²) in [6.07, 6.45) is 5.64. The van der Waals surface area contributed by atoms with E-state index in [9.17, 15) is 0 Å². The van der Waals surface area contributed by atoms with Crippen molar-refractivity contribution in [2.75, 3.05) is 0 Å². The van der Waals surface area contributed by atoms with Gasteiger partial charge < -0.3 is 9.13 Å². The maximum atomic E-state index is 5.38. The average Bonchev–Trinajstić information content (AvgIpc) is 4.09. The Labute approximate surface area is 373 Å². The summed E-state index contributed by atoms with van der Waals surface area (Å²) in [5, 5.41) is 9.50. The Bertz CT molecular complexity index is 3810. The number of para-hydroxylation sites is 6. The van der Waals surface area contributed by atoms with E-state index < -0.39 is 0 Å². The molecule has 306 valence electrons. The summed E-state index contributed by atoms with van der Waals surface area (Å²) in [5.74, 6) is 2.10. The summed E-state index contributed by atoms with van der Waals surface area (Å²) >= 11 is 0. The van der Waals surface area contributed by atoms with Gasteiger partial charge in [-0.2, -0.15) is 0 Å². The Balaban J connectivity index is 1.06. The van der Waals surface area contributed by atoms with E-state index in [1.807, 2.05) is 19.1 Å². The third-order valence-corrected chi connectivity index (χ3v) is 13.1. The maximum Gasteiger partial charge on any atom is 0.163 e. The van der Waals surface area contributed by atoms with Gasteiger partial charge in [-0.1, -0.05) is 115 Å². The molecule has 0 N–H and O–H groups in total. The van der Waals surface area contributed by atoms with Crippen LogP contribution >= 0.6 is 0 Å². The fraction of sp³-hybridized carbons (Fsp3) is 0.0172. The zero-order valence-electron chi connectivity index (χ0n) is 35.5. The number of hydrogen-bond donors (Lipinski definition) is 0. The highest BCUT2D eigenvalue weighted by molar-refractivity contribution is 6.14. The van der Waals surface area contributed by atoms with Crippen LogP contribution in [0.2, 0.25) is 0 Å². The lowest BCUT2D eigenvalue weighted by molar-refractivity contribution is 0.969. The van der Waals surface area contributed by atoms with Gasteiger partial charge >= 0.3 is 0 Å². The number of aliphatic imine (C=N–C) groups is 1. The first-order valence-corrected chi connectivity index (χ1v) is 21.9. The van der Waals surface area contributed by atoms with Crippen LogP contribution in [0, 0.1) is 0 Å². The number of rotatable bonds is 7. The monoisotopic (exact) mass is 833 g/mol. The first kappa shape index (κ1) is 36.8. The van der Waals surface area contributed by atoms with Crippen molar-refractivity contribution in [3.8, 4) is 23.0 Å². The molecule has 8 aromatic carbocycles. The highest BCUT2D eigenvalue weighted by Gasteiger charge is 2.22. The van der Waals surface area contributed by atoms with Crippen molar-refractivity contribution in [2.24, 2.45) is 4.99 Å². The summed E-state index contributed by atoms with van der Waals surface area (Å²) in [6.45, 7) is 5.72. The predicted molar refractivity (Wildman–Crippen MR) is 272 cm³/mol. The van der Waals surface area contributed by atoms with Gasteiger partial charge in [-0.3, -0.25) is 14.1 Å². The van der Waals surface area contributed by atoms with E-state index in [0.29, 0.717) is 5.82 Å². The van der Waals surface area contributed by atoms with Crippen molar-refractivity contribution >= 4 is 99.5 Å². The van der Waals surface area contributed by atoms with E-state index >= 15 is 0 Å². The lowest BCUT2D eigenvalue weighted by Gasteiger charge is -2.14. The second-order valence-corrected chi connectivity index (χ2v) is 16.5. The van der Waals surface area contributed by atoms with Gasteiger partial charge in [0.2, 0.25) is 0 Å². The summed E-state index contributed by atoms with van der Waals surface area (Å²) in [6, 6.07) is 67.6. The molecule has 13 aromatic rings. The molecule has 0 saturated heterocycles. The molecule has 0 unspecified atom stereocenters. The smallest absolute Gasteiger partial charge is 0.163 e. The number of hydrogen-bond acceptors (Lipinski definition) is 3. The summed E-state index contributed by atoms with van der Waals surface area (Å²) in [7, 11) is 0. The zero-order chi connectivity index (χ0) is 43.2. The third-order valence-electron chi connectivity index (χ3n) is 13.1. The molecule has 0 aliphatic carbocycles. The molecule has 0 radical (unpaired) electrons. The van der Waals surface area contributed by atoms with Crippen molar-refractivity contribution < 1.29 is 0 Å². The SMILES string of the molecule is C=N/C=C\C(=C/C)c1nc(-n2c3ccccc3c3cc(-n4c5ccccc5c5ccccc54)ccc32)cc(-n2c3ccccc3c3cc(-n4c5ccccc5c5ccccc54)ccc32)n1. The summed E-state index contributed by atoms with van der Waals surface area (Å²) in [4.78, 5) is 14.8. The molecule has 65 heavy (non-hydrogen) atoms. The van der Waals surface area contributed by atoms with Crippen molar-refractivity contribution in [1.29, 1.82) is 0 Å². The van der Waals surface area contributed by atoms with Crippen LogP contribution in [0.1, 0.15) is 12.7 Å². The summed E-state index contributed by atoms with van der Waals surface area (Å²) < 4.78 is 9.33. The lowest BCUT2D eigenvalue weighted by atomic mass is 10.1. The molecular weight excluding hydrogens is 795 g/mol. The topological polar surface area (TPSA) is 57.9 Å². The van der Waals surface area contributed by atoms with Crippen LogP contribution in [0.4, 0.5) is 0 Å². The van der Waals surface area contributed by atoms with E-state index in [-0.39, 0.29) is 0 Å². The van der Waals surface area contributed by atoms with Gasteiger partial charge in [-0.05, 0) is 92.5 Å². The predicted octanol–water partition coefficient (Wildman–Crippen LogP) is 14.5. The van der Waals surface area contributed by atoms with Gasteiger partial charge in [0.25, 0.3) is 0 Å². The minimum absolute atomic E-state index is 0.584. The van der Waals surface area contributed by atoms with Crippen LogP contribution in [0.3, 0.4) is 0 Å². The van der Waals surface area contributed by atoms with E-state index in [2.05, 4.69) is 218 Å². The number of allylic oxidation sites excluding steroid dienone is 3. The molecule has 5 aromatic heterocycles. The molecule has 0 aliphatic heterocycles. The lowest BCUT2D eigenvalue weighted by Crippen LogP contribution is -2.07. The van der Waals surface area contributed by atoms with Gasteiger partial charge in [-0.25, -0.2) is 9.97 Å². The van der Waals surface area contributed by atoms with Crippen LogP contribution in [0.25, 0.3) is 116 Å². The molecule has 0 aliphatic rings. The number of nitrogens with zero attached hydrogens (tertiary/aromatic N) is 7. The number of fused-ring (bicyclic) bond motifs is 12. The molecule has 0 spiro atoms. The van der Waals surface area contributed by atoms with Crippen LogP contribution in [-0.4, -0.2) is 35.0 Å². The van der Waals surface area contributed by atoms with Crippen molar-refractivity contribution in [1.82, 2.24) is 28.2 Å². The largest absolute Gasteiger partial charge is 0.309 e. The molecule has 0 bridgehead atoms. The second kappa shape index (κ2) is 14.4. The van der Waals surface area contributed by atoms with E-state index in [0.717, 1.165) is 72.2 Å². The van der Waals surface area contributed by atoms with E-state index in [1.54, 1.807) is 6.20 Å². The fourth-order valence-electron chi connectivity index (χ4n) is 10.3. The molecule has 7 nitrogen and oxygen atoms in total. The third kappa shape index (κ3) is 5.45. The quantitative estimate of drug-likeness (QED) is 0.119. The van der Waals surface area contributed by atoms with Crippen LogP contribution in [-0.2, 0) is 0 Å². The molecular formula is C58H39N7. The first-order chi connectivity index (χ1) is 32.2. The average molecular weight is 834 g/mol. The highest BCUT2D eigenvalue weighted by atomic mass is 15.1. The molecule has 0 amide bonds. The van der Waals surface area contributed by atoms with Gasteiger partial charge in [0.05, 0.1) is 44.1 Å². The molecule has 5 heterocycles. The van der Waals surface area contributed by atoms with Gasteiger partial charge in [0, 0.05) is 72.3 Å². The van der Waals surface area contributed by atoms with Crippen molar-refractivity contribution in [2.45, 2.75) is 6.92 Å². The molecule has 0 saturated carbocycles. The second-order valence-electron chi connectivity index (χ2n) is 16.5. The first-order valence-electron chi connectivity index (χ1n) is 21.9. The summed E-state index contributed by atoms with van der Waals surface area (Å²) in [5.41, 5.74) is 12.0. The molecule has 13 rings (SSSR count). The normalized spacial score (nSPS) is 12.5. The van der Waals surface area contributed by atoms with Gasteiger partial charge in [0.1, 0.15) is 11.6 Å². The molecule has 0 fully saturated rings. The fourth-order valence-corrected chi connectivity index (χ4v) is 10.3. The Morgan fingerprint density at radius 2 is 0.723 bits per heavy atom. The highest BCUT2D eigenvalue weighted by Crippen LogP contribution is 2.40. The van der Waals surface area contributed by atoms with E-state index in [4.69, 9.17) is 9.97 Å². The molecule has 0 atom stereocenters. The number of aromatic nitrogens is 6. The van der Waals surface area contributed by atoms with Crippen LogP contribution < -0.4 is 0 Å². The van der Waals surface area contributed by atoms with Crippen molar-refractivity contribution in [3.05, 3.63) is 212 Å². The Hall–Kier alpha value is -8.81. The standard InChI is InChI=1S/C58H39N7/c1-3-37(32-33-59-2)58-60-56(64-52-26-14-8-20-44(52)46-34-38(28-30-54(46)64)62-48-22-10-4-16-40(48)41-17-5-11-23-49(41)62)36-57(61-58)65-53-27-15-9-21-45(53)47-35-39(29-31-55(47)65)63-50-24-12-6-18-42(50)43-19-7-13-25-51(43)63/h3-36H,2H2,1H3/b33-32-,37-3+. The van der Waals surface area contributed by atoms with Gasteiger partial charge in [0.15, 0.2) is 5.82 Å².